The predicted molar refractivity (Wildman–Crippen MR) is 80.5 cm³/mol. The zero-order chi connectivity index (χ0) is 14.4. The van der Waals surface area contributed by atoms with Gasteiger partial charge < -0.3 is 19.8 Å². The van der Waals surface area contributed by atoms with Gasteiger partial charge in [0, 0.05) is 30.2 Å². The quantitative estimate of drug-likeness (QED) is 0.778. The summed E-state index contributed by atoms with van der Waals surface area (Å²) in [6.07, 6.45) is 2.80. The van der Waals surface area contributed by atoms with Crippen LogP contribution in [0.25, 0.3) is 10.9 Å². The van der Waals surface area contributed by atoms with Gasteiger partial charge in [0.1, 0.15) is 0 Å². The average molecular weight is 294 g/mol. The maximum absolute atomic E-state index is 10.7. The summed E-state index contributed by atoms with van der Waals surface area (Å²) in [5, 5.41) is 4.08. The second-order valence-corrected chi connectivity index (χ2v) is 5.75. The molecule has 1 atom stereocenters. The molecule has 0 aliphatic carbocycles. The second kappa shape index (κ2) is 7.54. The topological polar surface area (TPSA) is 71.2 Å². The van der Waals surface area contributed by atoms with Crippen molar-refractivity contribution in [2.75, 3.05) is 33.2 Å². The van der Waals surface area contributed by atoms with Crippen LogP contribution >= 0.6 is 0 Å². The second-order valence-electron chi connectivity index (χ2n) is 4.84. The molecule has 0 bridgehead atoms. The lowest BCUT2D eigenvalue weighted by Gasteiger charge is -2.09. The lowest BCUT2D eigenvalue weighted by Crippen LogP contribution is -2.23. The van der Waals surface area contributed by atoms with Gasteiger partial charge in [-0.05, 0) is 43.7 Å². The highest BCUT2D eigenvalue weighted by molar-refractivity contribution is 7.79. The molecule has 1 aliphatic heterocycles. The standard InChI is InChI=1S/C8H7NO2S.C6H14N2/c10-12(11)8-5-9-7-4-2-1-3-6(7)8;1-8-5-2-3-7-4-6-8/h1-5,9H,(H,10,11);7H,2-6H2,1H3/p-1. The molecular formula is C14H20N3O2S-. The SMILES string of the molecule is CN1CCCNCC1.O=S([O-])c1c[nH]c2ccccc12. The number of para-hydroxylation sites is 1. The lowest BCUT2D eigenvalue weighted by atomic mass is 10.2. The minimum absolute atomic E-state index is 0.325. The third-order valence-electron chi connectivity index (χ3n) is 3.29. The van der Waals surface area contributed by atoms with Gasteiger partial charge in [0.05, 0.1) is 4.90 Å². The van der Waals surface area contributed by atoms with Crippen LogP contribution in [-0.4, -0.2) is 51.9 Å². The van der Waals surface area contributed by atoms with Gasteiger partial charge in [-0.2, -0.15) is 0 Å². The summed E-state index contributed by atoms with van der Waals surface area (Å²) in [5.74, 6) is 0. The third-order valence-corrected chi connectivity index (χ3v) is 3.99. The number of nitrogens with one attached hydrogen (secondary N) is 2. The van der Waals surface area contributed by atoms with Crippen LogP contribution in [-0.2, 0) is 11.1 Å². The van der Waals surface area contributed by atoms with Crippen LogP contribution in [0.5, 0.6) is 0 Å². The monoisotopic (exact) mass is 294 g/mol. The Kier molecular flexibility index (Phi) is 5.72. The number of hydrogen-bond donors (Lipinski definition) is 2. The van der Waals surface area contributed by atoms with Crippen LogP contribution < -0.4 is 5.32 Å². The van der Waals surface area contributed by atoms with Crippen molar-refractivity contribution < 1.29 is 8.76 Å². The van der Waals surface area contributed by atoms with E-state index in [0.717, 1.165) is 17.4 Å². The average Bonchev–Trinajstić information content (AvgIpc) is 2.73. The first kappa shape index (κ1) is 15.2. The first-order valence-electron chi connectivity index (χ1n) is 6.73. The van der Waals surface area contributed by atoms with Crippen molar-refractivity contribution in [2.24, 2.45) is 0 Å². The van der Waals surface area contributed by atoms with Crippen LogP contribution in [0.4, 0.5) is 0 Å². The molecule has 0 spiro atoms. The lowest BCUT2D eigenvalue weighted by molar-refractivity contribution is 0.358. The highest BCUT2D eigenvalue weighted by Gasteiger charge is 2.01. The molecule has 1 saturated heterocycles. The number of aromatic nitrogens is 1. The third kappa shape index (κ3) is 4.14. The maximum atomic E-state index is 10.7. The number of hydrogen-bond acceptors (Lipinski definition) is 4. The Morgan fingerprint density at radius 3 is 2.85 bits per heavy atom. The fourth-order valence-corrected chi connectivity index (χ4v) is 2.68. The Balaban J connectivity index is 0.000000160. The van der Waals surface area contributed by atoms with Gasteiger partial charge in [-0.1, -0.05) is 18.2 Å². The maximum Gasteiger partial charge on any atom is 0.0502 e. The van der Waals surface area contributed by atoms with Gasteiger partial charge in [0.2, 0.25) is 0 Å². The van der Waals surface area contributed by atoms with Crippen molar-refractivity contribution in [3.05, 3.63) is 30.5 Å². The van der Waals surface area contributed by atoms with Crippen molar-refractivity contribution in [1.29, 1.82) is 0 Å². The minimum Gasteiger partial charge on any atom is -0.768 e. The first-order chi connectivity index (χ1) is 9.68. The Hall–Kier alpha value is -1.21. The molecular weight excluding hydrogens is 274 g/mol. The van der Waals surface area contributed by atoms with Crippen molar-refractivity contribution in [1.82, 2.24) is 15.2 Å². The number of aromatic amines is 1. The molecule has 2 aromatic rings. The van der Waals surface area contributed by atoms with E-state index in [0.29, 0.717) is 4.90 Å². The number of fused-ring (bicyclic) bond motifs is 1. The summed E-state index contributed by atoms with van der Waals surface area (Å²) >= 11 is -2.15. The van der Waals surface area contributed by atoms with E-state index in [1.54, 1.807) is 6.07 Å². The van der Waals surface area contributed by atoms with Crippen molar-refractivity contribution in [2.45, 2.75) is 11.3 Å². The summed E-state index contributed by atoms with van der Waals surface area (Å²) in [6, 6.07) is 7.28. The van der Waals surface area contributed by atoms with E-state index in [-0.39, 0.29) is 0 Å². The number of rotatable bonds is 1. The number of H-pyrrole nitrogens is 1. The predicted octanol–water partition coefficient (Wildman–Crippen LogP) is 1.32. The summed E-state index contributed by atoms with van der Waals surface area (Å²) in [5.41, 5.74) is 0.844. The molecule has 0 amide bonds. The zero-order valence-corrected chi connectivity index (χ0v) is 12.4. The van der Waals surface area contributed by atoms with Crippen molar-refractivity contribution >= 4 is 22.0 Å². The molecule has 0 radical (unpaired) electrons. The Bertz CT molecular complexity index is 562. The molecule has 3 rings (SSSR count). The molecule has 5 nitrogen and oxygen atoms in total. The van der Waals surface area contributed by atoms with E-state index in [2.05, 4.69) is 22.2 Å². The molecule has 1 aromatic carbocycles. The fraction of sp³-hybridized carbons (Fsp3) is 0.429. The molecule has 6 heteroatoms. The van der Waals surface area contributed by atoms with E-state index in [1.165, 1.54) is 32.3 Å². The number of benzene rings is 1. The van der Waals surface area contributed by atoms with Crippen LogP contribution in [0.3, 0.4) is 0 Å². The number of nitrogens with zero attached hydrogens (tertiary/aromatic N) is 1. The van der Waals surface area contributed by atoms with Gasteiger partial charge >= 0.3 is 0 Å². The van der Waals surface area contributed by atoms with Crippen LogP contribution in [0.2, 0.25) is 0 Å². The Labute approximate surface area is 121 Å². The largest absolute Gasteiger partial charge is 0.768 e. The Morgan fingerprint density at radius 2 is 2.05 bits per heavy atom. The molecule has 20 heavy (non-hydrogen) atoms. The molecule has 2 heterocycles. The van der Waals surface area contributed by atoms with Gasteiger partial charge in [0.25, 0.3) is 0 Å². The van der Waals surface area contributed by atoms with E-state index in [9.17, 15) is 8.76 Å². The minimum atomic E-state index is -2.15. The normalized spacial score (nSPS) is 18.1. The summed E-state index contributed by atoms with van der Waals surface area (Å²) in [7, 11) is 2.17. The summed E-state index contributed by atoms with van der Waals surface area (Å²) < 4.78 is 21.3. The van der Waals surface area contributed by atoms with E-state index in [1.807, 2.05) is 18.2 Å². The molecule has 1 unspecified atom stereocenters. The highest BCUT2D eigenvalue weighted by Crippen LogP contribution is 2.19. The van der Waals surface area contributed by atoms with Crippen LogP contribution in [0, 0.1) is 0 Å². The molecule has 1 aliphatic rings. The molecule has 2 N–H and O–H groups in total. The Morgan fingerprint density at radius 1 is 1.25 bits per heavy atom. The molecule has 1 fully saturated rings. The van der Waals surface area contributed by atoms with Crippen molar-refractivity contribution in [3.63, 3.8) is 0 Å². The van der Waals surface area contributed by atoms with Crippen LogP contribution in [0.1, 0.15) is 6.42 Å². The molecule has 110 valence electrons. The van der Waals surface area contributed by atoms with Crippen LogP contribution in [0.15, 0.2) is 35.4 Å². The van der Waals surface area contributed by atoms with Crippen molar-refractivity contribution in [3.8, 4) is 0 Å². The van der Waals surface area contributed by atoms with Gasteiger partial charge in [-0.3, -0.25) is 4.21 Å². The zero-order valence-electron chi connectivity index (χ0n) is 11.6. The first-order valence-corrected chi connectivity index (χ1v) is 7.80. The molecule has 0 saturated carbocycles. The van der Waals surface area contributed by atoms with E-state index >= 15 is 0 Å². The van der Waals surface area contributed by atoms with Gasteiger partial charge in [-0.25, -0.2) is 0 Å². The van der Waals surface area contributed by atoms with Gasteiger partial charge in [0.15, 0.2) is 0 Å². The number of likely N-dealkylation sites (N-methyl/N-ethyl adjacent to an activating group) is 1. The highest BCUT2D eigenvalue weighted by atomic mass is 32.2. The van der Waals surface area contributed by atoms with E-state index < -0.39 is 11.1 Å². The molecule has 1 aromatic heterocycles. The summed E-state index contributed by atoms with van der Waals surface area (Å²) in [4.78, 5) is 5.56. The smallest absolute Gasteiger partial charge is 0.0502 e. The van der Waals surface area contributed by atoms with Gasteiger partial charge in [-0.15, -0.1) is 0 Å². The summed E-state index contributed by atoms with van der Waals surface area (Å²) in [6.45, 7) is 4.83. The van der Waals surface area contributed by atoms with E-state index in [4.69, 9.17) is 0 Å². The fourth-order valence-electron chi connectivity index (χ4n) is 2.16.